The molecule has 2 aliphatic rings. The zero-order chi connectivity index (χ0) is 82.0. The Bertz CT molecular complexity index is 4770. The van der Waals surface area contributed by atoms with E-state index in [1.165, 1.54) is 57.2 Å². The molecule has 0 amide bonds. The van der Waals surface area contributed by atoms with Gasteiger partial charge in [0, 0.05) is 20.6 Å². The molecule has 2 aliphatic heterocycles. The standard InChI is InChI=1S/C100H114O13S4/c1-12-72-19-29-80(30-20-72)100(81-35-31-78(32-36-81)98(6,7)8,82-37-33-79(34-38-82)99(9,10)11)83-39-45-86(46-40-83)110-58-52-103-48-50-107-67-88-69-115-97(117-88)96-114-68-87(116-96)66-106-49-47-102-51-57-108-84-41-25-76(26-42-84)74-21-23-75(24-22-74)77-27-43-85(44-28-77)109-59-53-104-54-60-111-93-17-13-16-90-89(93)15-14-18-94(90)112-61-55-105-56-62-113-95-91(70(2)3)63-73(65-101)64-92(95)71(4)5/h13-46,63-64,68-71,101H,12,47-62,65-67H2,1-11H3/b97-96-. The summed E-state index contributed by atoms with van der Waals surface area (Å²) in [5, 5.41) is 16.1. The second-order valence-electron chi connectivity index (χ2n) is 31.6. The summed E-state index contributed by atoms with van der Waals surface area (Å²) in [5.74, 6) is 5.34. The van der Waals surface area contributed by atoms with Gasteiger partial charge in [-0.05, 0) is 178 Å². The number of aryl methyl sites for hydroxylation is 1. The number of thioether (sulfide) groups is 4. The molecule has 0 aliphatic carbocycles. The maximum Gasteiger partial charge on any atom is 0.127 e. The van der Waals surface area contributed by atoms with Gasteiger partial charge in [-0.25, -0.2) is 0 Å². The molecule has 12 rings (SSSR count). The van der Waals surface area contributed by atoms with Crippen LogP contribution in [0.1, 0.15) is 144 Å². The fourth-order valence-corrected chi connectivity index (χ4v) is 18.9. The van der Waals surface area contributed by atoms with Crippen LogP contribution in [0.2, 0.25) is 0 Å². The Morgan fingerprint density at radius 1 is 0.325 bits per heavy atom. The summed E-state index contributed by atoms with van der Waals surface area (Å²) in [6.45, 7) is 32.6. The fourth-order valence-electron chi connectivity index (χ4n) is 14.1. The Hall–Kier alpha value is -8.40. The fraction of sp³-hybridized carbons (Fsp3) is 0.360. The molecular formula is C100H114O13S4. The molecule has 0 unspecified atom stereocenters. The lowest BCUT2D eigenvalue weighted by atomic mass is 9.64. The molecule has 0 saturated carbocycles. The molecule has 0 atom stereocenters. The van der Waals surface area contributed by atoms with Crippen LogP contribution in [0.15, 0.2) is 247 Å². The van der Waals surface area contributed by atoms with Crippen LogP contribution in [-0.2, 0) is 57.7 Å². The van der Waals surface area contributed by atoms with Crippen molar-refractivity contribution in [2.24, 2.45) is 0 Å². The Balaban J connectivity index is 0.476. The lowest BCUT2D eigenvalue weighted by molar-refractivity contribution is 0.0444. The third kappa shape index (κ3) is 24.4. The highest BCUT2D eigenvalue weighted by atomic mass is 32.2. The second kappa shape index (κ2) is 43.5. The predicted octanol–water partition coefficient (Wildman–Crippen LogP) is 23.7. The summed E-state index contributed by atoms with van der Waals surface area (Å²) in [7, 11) is 0. The van der Waals surface area contributed by atoms with Crippen LogP contribution >= 0.6 is 47.0 Å². The molecule has 0 fully saturated rings. The number of hydrogen-bond donors (Lipinski definition) is 1. The average molecular weight is 1650 g/mol. The van der Waals surface area contributed by atoms with Gasteiger partial charge in [-0.3, -0.25) is 0 Å². The van der Waals surface area contributed by atoms with Crippen LogP contribution in [0.5, 0.6) is 34.5 Å². The molecule has 0 radical (unpaired) electrons. The minimum atomic E-state index is -0.568. The summed E-state index contributed by atoms with van der Waals surface area (Å²) < 4.78 is 75.3. The Labute approximate surface area is 710 Å². The van der Waals surface area contributed by atoms with Crippen LogP contribution in [0, 0.1) is 0 Å². The quantitative estimate of drug-likeness (QED) is 0.0287. The van der Waals surface area contributed by atoms with Crippen molar-refractivity contribution in [3.8, 4) is 56.8 Å². The summed E-state index contributed by atoms with van der Waals surface area (Å²) in [6, 6.07) is 77.4. The summed E-state index contributed by atoms with van der Waals surface area (Å²) in [6.07, 6.45) is 0.985. The third-order valence-corrected chi connectivity index (χ3v) is 25.9. The van der Waals surface area contributed by atoms with Gasteiger partial charge in [0.1, 0.15) is 74.1 Å². The number of aliphatic hydroxyl groups excluding tert-OH is 1. The Kier molecular flexibility index (Phi) is 32.7. The third-order valence-electron chi connectivity index (χ3n) is 20.6. The molecule has 17 heteroatoms. The first-order valence-corrected chi connectivity index (χ1v) is 44.3. The highest BCUT2D eigenvalue weighted by Gasteiger charge is 2.39. The van der Waals surface area contributed by atoms with Crippen LogP contribution in [-0.4, -0.2) is 124 Å². The van der Waals surface area contributed by atoms with E-state index >= 15 is 0 Å². The Morgan fingerprint density at radius 2 is 0.632 bits per heavy atom. The number of rotatable bonds is 44. The smallest absolute Gasteiger partial charge is 0.127 e. The van der Waals surface area contributed by atoms with E-state index in [2.05, 4.69) is 233 Å². The summed E-state index contributed by atoms with van der Waals surface area (Å²) in [5.41, 5.74) is 15.9. The van der Waals surface area contributed by atoms with Crippen molar-refractivity contribution in [2.75, 3.05) is 119 Å². The number of hydrogen-bond acceptors (Lipinski definition) is 17. The topological polar surface area (TPSA) is 131 Å². The molecule has 0 aromatic heterocycles. The summed E-state index contributed by atoms with van der Waals surface area (Å²) >= 11 is 7.08. The van der Waals surface area contributed by atoms with E-state index in [0.717, 1.165) is 90.6 Å². The van der Waals surface area contributed by atoms with Gasteiger partial charge in [-0.2, -0.15) is 0 Å². The molecule has 10 aromatic rings. The van der Waals surface area contributed by atoms with Crippen LogP contribution in [0.4, 0.5) is 0 Å². The van der Waals surface area contributed by atoms with Crippen LogP contribution < -0.4 is 28.4 Å². The maximum atomic E-state index is 9.83. The number of aliphatic hydroxyl groups is 1. The zero-order valence-corrected chi connectivity index (χ0v) is 73.0. The Morgan fingerprint density at radius 3 is 0.983 bits per heavy atom. The number of benzene rings is 10. The van der Waals surface area contributed by atoms with E-state index in [0.29, 0.717) is 119 Å². The largest absolute Gasteiger partial charge is 0.491 e. The van der Waals surface area contributed by atoms with Gasteiger partial charge in [0.2, 0.25) is 0 Å². The van der Waals surface area contributed by atoms with Crippen LogP contribution in [0.3, 0.4) is 0 Å². The van der Waals surface area contributed by atoms with Crippen molar-refractivity contribution < 1.29 is 61.9 Å². The zero-order valence-electron chi connectivity index (χ0n) is 69.7. The van der Waals surface area contributed by atoms with Gasteiger partial charge in [0.15, 0.2) is 0 Å². The number of ether oxygens (including phenoxy) is 12. The lowest BCUT2D eigenvalue weighted by Gasteiger charge is -2.38. The van der Waals surface area contributed by atoms with Crippen molar-refractivity contribution in [3.05, 3.63) is 303 Å². The van der Waals surface area contributed by atoms with Gasteiger partial charge in [0.05, 0.1) is 99.8 Å². The van der Waals surface area contributed by atoms with Crippen molar-refractivity contribution in [2.45, 2.75) is 117 Å². The summed E-state index contributed by atoms with van der Waals surface area (Å²) in [4.78, 5) is 2.39. The first-order valence-electron chi connectivity index (χ1n) is 40.9. The van der Waals surface area contributed by atoms with Gasteiger partial charge in [-0.15, -0.1) is 0 Å². The minimum absolute atomic E-state index is 0.00808. The highest BCUT2D eigenvalue weighted by Crippen LogP contribution is 2.55. The van der Waals surface area contributed by atoms with E-state index < -0.39 is 5.41 Å². The molecule has 0 saturated heterocycles. The van der Waals surface area contributed by atoms with Crippen LogP contribution in [0.25, 0.3) is 33.0 Å². The maximum absolute atomic E-state index is 9.83. The van der Waals surface area contributed by atoms with Crippen molar-refractivity contribution in [1.29, 1.82) is 0 Å². The second-order valence-corrected chi connectivity index (χ2v) is 36.2. The molecule has 13 nitrogen and oxygen atoms in total. The van der Waals surface area contributed by atoms with Gasteiger partial charge in [-0.1, -0.05) is 281 Å². The predicted molar refractivity (Wildman–Crippen MR) is 485 cm³/mol. The number of fused-ring (bicyclic) bond motifs is 1. The SMILES string of the molecule is CCc1ccc(C(c2ccc(OCCOCCOCC3=CS/C(=C4\SC=C(COCCOCCOc5ccc(-c6ccc(-c7ccc(OCCOCCOc8cccc9c(OCCOCCOc%10c(C(C)C)cc(CO)cc%10C(C)C)cccc89)cc7)cc6)cc5)S4)S3)cc2)(c2ccc(C(C)(C)C)cc2)c2ccc(C(C)(C)C)cc2)cc1. The molecule has 117 heavy (non-hydrogen) atoms. The molecule has 1 N–H and O–H groups in total. The van der Waals surface area contributed by atoms with Crippen molar-refractivity contribution in [1.82, 2.24) is 0 Å². The molecule has 2 heterocycles. The molecule has 10 aromatic carbocycles. The van der Waals surface area contributed by atoms with E-state index in [1.54, 1.807) is 47.0 Å². The van der Waals surface area contributed by atoms with Gasteiger partial charge >= 0.3 is 0 Å². The monoisotopic (exact) mass is 1650 g/mol. The van der Waals surface area contributed by atoms with E-state index in [-0.39, 0.29) is 29.3 Å². The normalized spacial score (nSPS) is 13.9. The highest BCUT2D eigenvalue weighted by molar-refractivity contribution is 8.33. The van der Waals surface area contributed by atoms with Gasteiger partial charge < -0.3 is 61.9 Å². The molecule has 0 spiro atoms. The van der Waals surface area contributed by atoms with Gasteiger partial charge in [0.25, 0.3) is 0 Å². The molecule has 616 valence electrons. The van der Waals surface area contributed by atoms with E-state index in [9.17, 15) is 5.11 Å². The van der Waals surface area contributed by atoms with Crippen molar-refractivity contribution in [3.63, 3.8) is 0 Å². The van der Waals surface area contributed by atoms with Crippen molar-refractivity contribution >= 4 is 57.8 Å². The lowest BCUT2D eigenvalue weighted by Crippen LogP contribution is -2.31. The molecule has 0 bridgehead atoms. The van der Waals surface area contributed by atoms with E-state index in [4.69, 9.17) is 56.8 Å². The first kappa shape index (κ1) is 87.9. The molecular weight excluding hydrogens is 1540 g/mol. The first-order chi connectivity index (χ1) is 56.8. The average Bonchev–Trinajstić information content (AvgIpc) is 1.10. The van der Waals surface area contributed by atoms with E-state index in [1.807, 2.05) is 72.8 Å². The minimum Gasteiger partial charge on any atom is -0.491 e.